The van der Waals surface area contributed by atoms with Crippen molar-refractivity contribution in [3.63, 3.8) is 0 Å². The maximum absolute atomic E-state index is 5.34. The van der Waals surface area contributed by atoms with E-state index in [0.717, 1.165) is 11.3 Å². The Hall–Kier alpha value is -2.34. The molecule has 2 aromatic rings. The molecule has 2 aromatic heterocycles. The van der Waals surface area contributed by atoms with Crippen LogP contribution in [0.25, 0.3) is 0 Å². The van der Waals surface area contributed by atoms with Crippen LogP contribution in [0.1, 0.15) is 11.3 Å². The van der Waals surface area contributed by atoms with Crippen LogP contribution in [0.3, 0.4) is 0 Å². The summed E-state index contributed by atoms with van der Waals surface area (Å²) in [5.74, 6) is 1.94. The van der Waals surface area contributed by atoms with Gasteiger partial charge in [-0.2, -0.15) is 0 Å². The third-order valence-corrected chi connectivity index (χ3v) is 2.99. The van der Waals surface area contributed by atoms with E-state index < -0.39 is 0 Å². The SMILES string of the molecule is COc1ccc(CNCc2nccc(OC)c2OC)cn1. The van der Waals surface area contributed by atoms with E-state index in [9.17, 15) is 0 Å². The molecule has 2 rings (SSSR count). The van der Waals surface area contributed by atoms with Crippen molar-refractivity contribution in [2.45, 2.75) is 13.1 Å². The standard InChI is InChI=1S/C15H19N3O3/c1-19-13-6-7-17-12(15(13)21-3)10-16-8-11-4-5-14(20-2)18-9-11/h4-7,9,16H,8,10H2,1-3H3. The molecule has 6 heteroatoms. The zero-order chi connectivity index (χ0) is 15.1. The number of hydrogen-bond acceptors (Lipinski definition) is 6. The first-order valence-electron chi connectivity index (χ1n) is 6.54. The van der Waals surface area contributed by atoms with Gasteiger partial charge in [-0.25, -0.2) is 4.98 Å². The molecular weight excluding hydrogens is 270 g/mol. The molecule has 112 valence electrons. The van der Waals surface area contributed by atoms with Gasteiger partial charge < -0.3 is 19.5 Å². The van der Waals surface area contributed by atoms with Crippen molar-refractivity contribution >= 4 is 0 Å². The molecule has 0 atom stereocenters. The summed E-state index contributed by atoms with van der Waals surface area (Å²) in [5, 5.41) is 3.30. The van der Waals surface area contributed by atoms with Crippen LogP contribution in [-0.2, 0) is 13.1 Å². The molecule has 0 radical (unpaired) electrons. The highest BCUT2D eigenvalue weighted by Gasteiger charge is 2.10. The van der Waals surface area contributed by atoms with Gasteiger partial charge in [-0.3, -0.25) is 4.98 Å². The Morgan fingerprint density at radius 3 is 2.43 bits per heavy atom. The van der Waals surface area contributed by atoms with E-state index >= 15 is 0 Å². The molecule has 0 bridgehead atoms. The van der Waals surface area contributed by atoms with Crippen molar-refractivity contribution in [3.05, 3.63) is 41.9 Å². The van der Waals surface area contributed by atoms with Crippen LogP contribution >= 0.6 is 0 Å². The van der Waals surface area contributed by atoms with Crippen molar-refractivity contribution in [2.24, 2.45) is 0 Å². The van der Waals surface area contributed by atoms with Crippen LogP contribution < -0.4 is 19.5 Å². The van der Waals surface area contributed by atoms with Crippen molar-refractivity contribution in [3.8, 4) is 17.4 Å². The van der Waals surface area contributed by atoms with Gasteiger partial charge in [-0.05, 0) is 5.56 Å². The summed E-state index contributed by atoms with van der Waals surface area (Å²) in [6.45, 7) is 1.26. The first-order valence-corrected chi connectivity index (χ1v) is 6.54. The van der Waals surface area contributed by atoms with E-state index in [0.29, 0.717) is 30.5 Å². The van der Waals surface area contributed by atoms with E-state index in [1.54, 1.807) is 39.8 Å². The zero-order valence-electron chi connectivity index (χ0n) is 12.4. The molecule has 1 N–H and O–H groups in total. The second-order valence-electron chi connectivity index (χ2n) is 4.31. The molecule has 2 heterocycles. The minimum Gasteiger partial charge on any atom is -0.493 e. The first-order chi connectivity index (χ1) is 10.3. The fourth-order valence-electron chi connectivity index (χ4n) is 1.94. The van der Waals surface area contributed by atoms with Crippen LogP contribution in [-0.4, -0.2) is 31.3 Å². The third kappa shape index (κ3) is 3.82. The van der Waals surface area contributed by atoms with Gasteiger partial charge in [0.2, 0.25) is 5.88 Å². The second kappa shape index (κ2) is 7.44. The zero-order valence-corrected chi connectivity index (χ0v) is 12.4. The topological polar surface area (TPSA) is 65.5 Å². The van der Waals surface area contributed by atoms with Gasteiger partial charge in [0.05, 0.1) is 27.0 Å². The van der Waals surface area contributed by atoms with Gasteiger partial charge in [0.1, 0.15) is 0 Å². The maximum atomic E-state index is 5.34. The third-order valence-electron chi connectivity index (χ3n) is 2.99. The molecule has 0 aliphatic heterocycles. The smallest absolute Gasteiger partial charge is 0.212 e. The van der Waals surface area contributed by atoms with Crippen LogP contribution in [0.15, 0.2) is 30.6 Å². The molecule has 0 saturated carbocycles. The number of pyridine rings is 2. The Bertz CT molecular complexity index is 573. The summed E-state index contributed by atoms with van der Waals surface area (Å²) >= 11 is 0. The predicted molar refractivity (Wildman–Crippen MR) is 78.7 cm³/mol. The van der Waals surface area contributed by atoms with Crippen molar-refractivity contribution in [1.82, 2.24) is 15.3 Å². The Labute approximate surface area is 124 Å². The molecule has 0 unspecified atom stereocenters. The van der Waals surface area contributed by atoms with E-state index in [4.69, 9.17) is 14.2 Å². The average Bonchev–Trinajstić information content (AvgIpc) is 2.55. The summed E-state index contributed by atoms with van der Waals surface area (Å²) in [5.41, 5.74) is 1.87. The molecule has 0 saturated heterocycles. The van der Waals surface area contributed by atoms with Gasteiger partial charge in [0.25, 0.3) is 0 Å². The molecule has 0 aromatic carbocycles. The van der Waals surface area contributed by atoms with E-state index in [2.05, 4.69) is 15.3 Å². The quantitative estimate of drug-likeness (QED) is 0.838. The normalized spacial score (nSPS) is 10.2. The summed E-state index contributed by atoms with van der Waals surface area (Å²) in [6.07, 6.45) is 3.48. The predicted octanol–water partition coefficient (Wildman–Crippen LogP) is 1.79. The first kappa shape index (κ1) is 15.1. The Morgan fingerprint density at radius 2 is 1.81 bits per heavy atom. The lowest BCUT2D eigenvalue weighted by Gasteiger charge is -2.12. The van der Waals surface area contributed by atoms with Crippen molar-refractivity contribution in [2.75, 3.05) is 21.3 Å². The molecule has 0 spiro atoms. The van der Waals surface area contributed by atoms with Gasteiger partial charge in [0, 0.05) is 37.6 Å². The van der Waals surface area contributed by atoms with Crippen LogP contribution in [0, 0.1) is 0 Å². The summed E-state index contributed by atoms with van der Waals surface area (Å²) in [6, 6.07) is 5.58. The highest BCUT2D eigenvalue weighted by atomic mass is 16.5. The molecule has 21 heavy (non-hydrogen) atoms. The van der Waals surface area contributed by atoms with E-state index in [1.807, 2.05) is 12.1 Å². The van der Waals surface area contributed by atoms with Gasteiger partial charge in [0.15, 0.2) is 11.5 Å². The minimum absolute atomic E-state index is 0.576. The lowest BCUT2D eigenvalue weighted by Crippen LogP contribution is -2.15. The van der Waals surface area contributed by atoms with Gasteiger partial charge >= 0.3 is 0 Å². The van der Waals surface area contributed by atoms with Crippen LogP contribution in [0.5, 0.6) is 17.4 Å². The fourth-order valence-corrected chi connectivity index (χ4v) is 1.94. The largest absolute Gasteiger partial charge is 0.493 e. The second-order valence-corrected chi connectivity index (χ2v) is 4.31. The lowest BCUT2D eigenvalue weighted by atomic mass is 10.2. The van der Waals surface area contributed by atoms with Crippen LogP contribution in [0.4, 0.5) is 0 Å². The number of nitrogens with zero attached hydrogens (tertiary/aromatic N) is 2. The molecule has 0 aliphatic rings. The molecule has 0 fully saturated rings. The molecule has 6 nitrogen and oxygen atoms in total. The monoisotopic (exact) mass is 289 g/mol. The lowest BCUT2D eigenvalue weighted by molar-refractivity contribution is 0.348. The van der Waals surface area contributed by atoms with Gasteiger partial charge in [-0.1, -0.05) is 6.07 Å². The number of ether oxygens (including phenoxy) is 3. The summed E-state index contributed by atoms with van der Waals surface area (Å²) in [4.78, 5) is 8.47. The van der Waals surface area contributed by atoms with Crippen molar-refractivity contribution in [1.29, 1.82) is 0 Å². The fraction of sp³-hybridized carbons (Fsp3) is 0.333. The number of hydrogen-bond donors (Lipinski definition) is 1. The van der Waals surface area contributed by atoms with Gasteiger partial charge in [-0.15, -0.1) is 0 Å². The maximum Gasteiger partial charge on any atom is 0.212 e. The van der Waals surface area contributed by atoms with Crippen LogP contribution in [0.2, 0.25) is 0 Å². The van der Waals surface area contributed by atoms with E-state index in [-0.39, 0.29) is 0 Å². The summed E-state index contributed by atoms with van der Waals surface area (Å²) in [7, 11) is 4.81. The van der Waals surface area contributed by atoms with Crippen molar-refractivity contribution < 1.29 is 14.2 Å². The number of aromatic nitrogens is 2. The average molecular weight is 289 g/mol. The number of nitrogens with one attached hydrogen (secondary N) is 1. The highest BCUT2D eigenvalue weighted by Crippen LogP contribution is 2.28. The highest BCUT2D eigenvalue weighted by molar-refractivity contribution is 5.42. The number of methoxy groups -OCH3 is 3. The Kier molecular flexibility index (Phi) is 5.34. The Balaban J connectivity index is 1.96. The molecular formula is C15H19N3O3. The van der Waals surface area contributed by atoms with E-state index in [1.165, 1.54) is 0 Å². The minimum atomic E-state index is 0.576. The Morgan fingerprint density at radius 1 is 0.952 bits per heavy atom. The molecule has 0 amide bonds. The summed E-state index contributed by atoms with van der Waals surface area (Å²) < 4.78 is 15.6. The molecule has 0 aliphatic carbocycles. The number of rotatable bonds is 7.